The topological polar surface area (TPSA) is 49.8 Å². The van der Waals surface area contributed by atoms with Crippen molar-refractivity contribution < 1.29 is 14.6 Å². The average Bonchev–Trinajstić information content (AvgIpc) is 3.18. The summed E-state index contributed by atoms with van der Waals surface area (Å²) in [6, 6.07) is 0. The molecule has 3 rings (SSSR count). The van der Waals surface area contributed by atoms with Crippen LogP contribution in [0.4, 0.5) is 0 Å². The third-order valence-corrected chi connectivity index (χ3v) is 4.90. The highest BCUT2D eigenvalue weighted by Gasteiger charge is 2.48. The summed E-state index contributed by atoms with van der Waals surface area (Å²) in [6.07, 6.45) is 5.64. The number of rotatable bonds is 2. The molecule has 1 aliphatic carbocycles. The number of aliphatic hydroxyl groups is 1. The van der Waals surface area contributed by atoms with Crippen LogP contribution in [0.15, 0.2) is 0 Å². The zero-order chi connectivity index (χ0) is 12.6. The Labute approximate surface area is 108 Å². The Kier molecular flexibility index (Phi) is 3.32. The number of likely N-dealkylation sites (tertiary alicyclic amines) is 1. The zero-order valence-corrected chi connectivity index (χ0v) is 10.9. The van der Waals surface area contributed by atoms with Crippen LogP contribution in [0.3, 0.4) is 0 Å². The maximum absolute atomic E-state index is 12.3. The van der Waals surface area contributed by atoms with Crippen molar-refractivity contribution in [1.82, 2.24) is 4.90 Å². The molecule has 102 valence electrons. The SMILES string of the molecule is O=C(C1CCOCC1)N1CCC(C2(O)CC2)CC1. The molecule has 1 amide bonds. The molecule has 0 aromatic heterocycles. The first kappa shape index (κ1) is 12.4. The van der Waals surface area contributed by atoms with E-state index < -0.39 is 0 Å². The van der Waals surface area contributed by atoms with Gasteiger partial charge in [-0.05, 0) is 44.4 Å². The van der Waals surface area contributed by atoms with Crippen molar-refractivity contribution in [3.63, 3.8) is 0 Å². The van der Waals surface area contributed by atoms with Gasteiger partial charge in [-0.25, -0.2) is 0 Å². The summed E-state index contributed by atoms with van der Waals surface area (Å²) in [5, 5.41) is 10.1. The fraction of sp³-hybridized carbons (Fsp3) is 0.929. The lowest BCUT2D eigenvalue weighted by Crippen LogP contribution is -2.45. The Hall–Kier alpha value is -0.610. The normalized spacial score (nSPS) is 29.3. The van der Waals surface area contributed by atoms with Crippen LogP contribution in [0.1, 0.15) is 38.5 Å². The van der Waals surface area contributed by atoms with Gasteiger partial charge in [-0.1, -0.05) is 0 Å². The fourth-order valence-corrected chi connectivity index (χ4v) is 3.38. The van der Waals surface area contributed by atoms with Gasteiger partial charge in [0.1, 0.15) is 0 Å². The standard InChI is InChI=1S/C14H23NO3/c16-13(11-3-9-18-10-4-11)15-7-1-12(2-8-15)14(17)5-6-14/h11-12,17H,1-10H2. The number of carbonyl (C=O) groups excluding carboxylic acids is 1. The molecular formula is C14H23NO3. The van der Waals surface area contributed by atoms with E-state index in [1.807, 2.05) is 4.90 Å². The van der Waals surface area contributed by atoms with E-state index in [2.05, 4.69) is 0 Å². The van der Waals surface area contributed by atoms with Crippen LogP contribution in [0.25, 0.3) is 0 Å². The van der Waals surface area contributed by atoms with Crippen molar-refractivity contribution in [2.45, 2.75) is 44.1 Å². The molecule has 2 aliphatic heterocycles. The van der Waals surface area contributed by atoms with Gasteiger partial charge in [0.05, 0.1) is 5.60 Å². The van der Waals surface area contributed by atoms with Crippen molar-refractivity contribution >= 4 is 5.91 Å². The van der Waals surface area contributed by atoms with Crippen LogP contribution >= 0.6 is 0 Å². The zero-order valence-electron chi connectivity index (χ0n) is 10.9. The highest BCUT2D eigenvalue weighted by Crippen LogP contribution is 2.46. The number of carbonyl (C=O) groups is 1. The van der Waals surface area contributed by atoms with Gasteiger partial charge in [0.15, 0.2) is 0 Å². The van der Waals surface area contributed by atoms with Gasteiger partial charge < -0.3 is 14.7 Å². The number of hydrogen-bond acceptors (Lipinski definition) is 3. The van der Waals surface area contributed by atoms with Crippen LogP contribution in [-0.2, 0) is 9.53 Å². The highest BCUT2D eigenvalue weighted by molar-refractivity contribution is 5.79. The van der Waals surface area contributed by atoms with Gasteiger partial charge in [0, 0.05) is 32.2 Å². The van der Waals surface area contributed by atoms with Crippen LogP contribution < -0.4 is 0 Å². The van der Waals surface area contributed by atoms with E-state index in [0.29, 0.717) is 11.8 Å². The first-order chi connectivity index (χ1) is 8.69. The molecule has 0 aromatic rings. The smallest absolute Gasteiger partial charge is 0.225 e. The predicted molar refractivity (Wildman–Crippen MR) is 67.0 cm³/mol. The molecule has 0 radical (unpaired) electrons. The summed E-state index contributed by atoms with van der Waals surface area (Å²) < 4.78 is 5.30. The number of amides is 1. The summed E-state index contributed by atoms with van der Waals surface area (Å²) in [5.41, 5.74) is -0.367. The molecule has 0 aromatic carbocycles. The largest absolute Gasteiger partial charge is 0.390 e. The van der Waals surface area contributed by atoms with Crippen LogP contribution in [0, 0.1) is 11.8 Å². The summed E-state index contributed by atoms with van der Waals surface area (Å²) >= 11 is 0. The highest BCUT2D eigenvalue weighted by atomic mass is 16.5. The Morgan fingerprint density at radius 3 is 2.28 bits per heavy atom. The summed E-state index contributed by atoms with van der Waals surface area (Å²) in [4.78, 5) is 14.3. The van der Waals surface area contributed by atoms with Gasteiger partial charge in [-0.2, -0.15) is 0 Å². The molecule has 0 atom stereocenters. The second-order valence-corrected chi connectivity index (χ2v) is 6.09. The van der Waals surface area contributed by atoms with Gasteiger partial charge in [0.2, 0.25) is 5.91 Å². The Balaban J connectivity index is 1.50. The lowest BCUT2D eigenvalue weighted by Gasteiger charge is -2.36. The van der Waals surface area contributed by atoms with E-state index in [1.165, 1.54) is 0 Å². The second-order valence-electron chi connectivity index (χ2n) is 6.09. The third kappa shape index (κ3) is 2.41. The molecule has 1 saturated carbocycles. The third-order valence-electron chi connectivity index (χ3n) is 4.90. The summed E-state index contributed by atoms with van der Waals surface area (Å²) in [6.45, 7) is 3.13. The van der Waals surface area contributed by atoms with E-state index in [1.54, 1.807) is 0 Å². The van der Waals surface area contributed by atoms with Gasteiger partial charge in [-0.3, -0.25) is 4.79 Å². The molecule has 2 saturated heterocycles. The molecule has 3 aliphatic rings. The number of nitrogens with zero attached hydrogens (tertiary/aromatic N) is 1. The van der Waals surface area contributed by atoms with Crippen LogP contribution in [-0.4, -0.2) is 47.8 Å². The fourth-order valence-electron chi connectivity index (χ4n) is 3.38. The van der Waals surface area contributed by atoms with E-state index in [0.717, 1.165) is 64.8 Å². The quantitative estimate of drug-likeness (QED) is 0.804. The Morgan fingerprint density at radius 1 is 1.11 bits per heavy atom. The summed E-state index contributed by atoms with van der Waals surface area (Å²) in [7, 11) is 0. The number of ether oxygens (including phenoxy) is 1. The molecule has 0 spiro atoms. The van der Waals surface area contributed by atoms with Crippen molar-refractivity contribution in [3.8, 4) is 0 Å². The van der Waals surface area contributed by atoms with E-state index in [4.69, 9.17) is 4.74 Å². The minimum Gasteiger partial charge on any atom is -0.390 e. The van der Waals surface area contributed by atoms with Crippen LogP contribution in [0.5, 0.6) is 0 Å². The van der Waals surface area contributed by atoms with Gasteiger partial charge in [0.25, 0.3) is 0 Å². The Bertz CT molecular complexity index is 313. The molecule has 0 bridgehead atoms. The second kappa shape index (κ2) is 4.82. The molecule has 2 heterocycles. The lowest BCUT2D eigenvalue weighted by atomic mass is 9.88. The van der Waals surface area contributed by atoms with E-state index in [-0.39, 0.29) is 11.5 Å². The summed E-state index contributed by atoms with van der Waals surface area (Å²) in [5.74, 6) is 0.926. The maximum atomic E-state index is 12.3. The molecule has 0 unspecified atom stereocenters. The van der Waals surface area contributed by atoms with Gasteiger partial charge >= 0.3 is 0 Å². The monoisotopic (exact) mass is 253 g/mol. The van der Waals surface area contributed by atoms with Crippen molar-refractivity contribution in [2.24, 2.45) is 11.8 Å². The van der Waals surface area contributed by atoms with Crippen LogP contribution in [0.2, 0.25) is 0 Å². The first-order valence-corrected chi connectivity index (χ1v) is 7.28. The van der Waals surface area contributed by atoms with E-state index >= 15 is 0 Å². The maximum Gasteiger partial charge on any atom is 0.225 e. The molecule has 18 heavy (non-hydrogen) atoms. The van der Waals surface area contributed by atoms with Crippen molar-refractivity contribution in [2.75, 3.05) is 26.3 Å². The number of hydrogen-bond donors (Lipinski definition) is 1. The predicted octanol–water partition coefficient (Wildman–Crippen LogP) is 1.18. The van der Waals surface area contributed by atoms with Gasteiger partial charge in [-0.15, -0.1) is 0 Å². The first-order valence-electron chi connectivity index (χ1n) is 7.28. The molecule has 3 fully saturated rings. The molecule has 4 heteroatoms. The minimum absolute atomic E-state index is 0.180. The molecule has 1 N–H and O–H groups in total. The van der Waals surface area contributed by atoms with E-state index in [9.17, 15) is 9.90 Å². The lowest BCUT2D eigenvalue weighted by molar-refractivity contribution is -0.140. The number of piperidine rings is 1. The molecule has 4 nitrogen and oxygen atoms in total. The van der Waals surface area contributed by atoms with Crippen molar-refractivity contribution in [1.29, 1.82) is 0 Å². The average molecular weight is 253 g/mol. The molecular weight excluding hydrogens is 230 g/mol. The van der Waals surface area contributed by atoms with Crippen molar-refractivity contribution in [3.05, 3.63) is 0 Å². The Morgan fingerprint density at radius 2 is 1.72 bits per heavy atom. The minimum atomic E-state index is -0.367.